The molecular weight excluding hydrogens is 358 g/mol. The number of carbonyl (C=O) groups excluding carboxylic acids is 1. The van der Waals surface area contributed by atoms with Gasteiger partial charge in [0.15, 0.2) is 0 Å². The van der Waals surface area contributed by atoms with Crippen LogP contribution in [-0.4, -0.2) is 34.3 Å². The van der Waals surface area contributed by atoms with Crippen molar-refractivity contribution >= 4 is 11.9 Å². The van der Waals surface area contributed by atoms with E-state index in [9.17, 15) is 14.7 Å². The molecular formula is C22H29NO5. The van der Waals surface area contributed by atoms with Crippen molar-refractivity contribution in [1.29, 1.82) is 0 Å². The fourth-order valence-corrected chi connectivity index (χ4v) is 6.06. The minimum Gasteiger partial charge on any atom is -0.481 e. The first-order valence-electron chi connectivity index (χ1n) is 10.3. The highest BCUT2D eigenvalue weighted by Gasteiger charge is 2.54. The van der Waals surface area contributed by atoms with Gasteiger partial charge < -0.3 is 20.7 Å². The molecule has 6 atom stereocenters. The predicted octanol–water partition coefficient (Wildman–Crippen LogP) is 2.61. The highest BCUT2D eigenvalue weighted by Crippen LogP contribution is 2.60. The summed E-state index contributed by atoms with van der Waals surface area (Å²) in [6.07, 6.45) is 5.60. The number of aliphatic hydroxyl groups is 1. The summed E-state index contributed by atoms with van der Waals surface area (Å²) < 4.78 is 5.32. The summed E-state index contributed by atoms with van der Waals surface area (Å²) in [5.41, 5.74) is 8.20. The van der Waals surface area contributed by atoms with Crippen LogP contribution in [0.5, 0.6) is 5.75 Å². The lowest BCUT2D eigenvalue weighted by molar-refractivity contribution is -0.143. The van der Waals surface area contributed by atoms with Crippen LogP contribution < -0.4 is 10.5 Å². The molecule has 0 aliphatic heterocycles. The third-order valence-corrected chi connectivity index (χ3v) is 7.56. The number of carbonyl (C=O) groups is 2. The minimum atomic E-state index is -1.16. The maximum Gasteiger partial charge on any atom is 0.328 e. The first-order chi connectivity index (χ1) is 13.3. The summed E-state index contributed by atoms with van der Waals surface area (Å²) in [6.45, 7) is 2.27. The lowest BCUT2D eigenvalue weighted by Gasteiger charge is -2.50. The molecule has 0 aromatic heterocycles. The predicted molar refractivity (Wildman–Crippen MR) is 103 cm³/mol. The molecule has 6 heteroatoms. The Morgan fingerprint density at radius 2 is 2.07 bits per heavy atom. The number of hydrogen-bond donors (Lipinski definition) is 3. The van der Waals surface area contributed by atoms with Crippen LogP contribution in [0.15, 0.2) is 18.2 Å². The molecule has 6 nitrogen and oxygen atoms in total. The monoisotopic (exact) mass is 387 g/mol. The van der Waals surface area contributed by atoms with E-state index in [2.05, 4.69) is 13.0 Å². The van der Waals surface area contributed by atoms with Crippen LogP contribution in [0.1, 0.15) is 62.5 Å². The van der Waals surface area contributed by atoms with E-state index in [1.165, 1.54) is 11.1 Å². The smallest absolute Gasteiger partial charge is 0.328 e. The minimum absolute atomic E-state index is 0.0639. The molecule has 0 saturated heterocycles. The molecule has 4 rings (SSSR count). The first kappa shape index (κ1) is 19.4. The number of esters is 1. The molecule has 3 unspecified atom stereocenters. The Hall–Kier alpha value is -1.92. The van der Waals surface area contributed by atoms with Gasteiger partial charge >= 0.3 is 11.9 Å². The van der Waals surface area contributed by atoms with E-state index >= 15 is 0 Å². The van der Waals surface area contributed by atoms with Crippen LogP contribution >= 0.6 is 0 Å². The van der Waals surface area contributed by atoms with Crippen LogP contribution in [0.25, 0.3) is 0 Å². The molecule has 3 aliphatic rings. The number of hydrogen-bond acceptors (Lipinski definition) is 5. The summed E-state index contributed by atoms with van der Waals surface area (Å²) in [4.78, 5) is 22.7. The Balaban J connectivity index is 1.50. The first-order valence-corrected chi connectivity index (χ1v) is 10.3. The average molecular weight is 387 g/mol. The zero-order valence-electron chi connectivity index (χ0n) is 16.3. The molecule has 1 aromatic carbocycles. The Bertz CT molecular complexity index is 793. The quantitative estimate of drug-likeness (QED) is 0.541. The molecule has 2 saturated carbocycles. The van der Waals surface area contributed by atoms with Crippen LogP contribution in [0, 0.1) is 17.3 Å². The number of ether oxygens (including phenoxy) is 1. The van der Waals surface area contributed by atoms with Gasteiger partial charge in [-0.05, 0) is 85.0 Å². The van der Waals surface area contributed by atoms with Gasteiger partial charge in [0, 0.05) is 0 Å². The van der Waals surface area contributed by atoms with Crippen molar-refractivity contribution in [2.75, 3.05) is 0 Å². The Morgan fingerprint density at radius 3 is 2.82 bits per heavy atom. The zero-order chi connectivity index (χ0) is 20.1. The van der Waals surface area contributed by atoms with Crippen LogP contribution in [0.4, 0.5) is 0 Å². The van der Waals surface area contributed by atoms with Gasteiger partial charge in [-0.3, -0.25) is 4.79 Å². The molecule has 0 spiro atoms. The molecule has 4 N–H and O–H groups in total. The van der Waals surface area contributed by atoms with Gasteiger partial charge in [-0.15, -0.1) is 0 Å². The molecule has 1 aromatic rings. The summed E-state index contributed by atoms with van der Waals surface area (Å²) in [5.74, 6) is 0.291. The molecule has 152 valence electrons. The fraction of sp³-hybridized carbons (Fsp3) is 0.636. The van der Waals surface area contributed by atoms with E-state index in [4.69, 9.17) is 15.6 Å². The second-order valence-corrected chi connectivity index (χ2v) is 9.04. The standard InChI is InChI=1S/C22H29NO5/c1-22-9-8-15-14-5-3-13(28-21(27)18(23)11-20(25)26)10-12(14)2-4-16(15)17(22)6-7-19(22)24/h3,5,10,15-19,24H,2,4,6-9,11,23H2,1H3,(H,25,26)/t15?,16?,17?,18-,19+,22+/m1/s1. The van der Waals surface area contributed by atoms with Gasteiger partial charge in [0.25, 0.3) is 0 Å². The molecule has 0 heterocycles. The normalized spacial score (nSPS) is 34.7. The SMILES string of the molecule is C[C@]12CCC3c4ccc(OC(=O)[C@H](N)CC(=O)O)cc4CCC3C1CC[C@@H]2O. The van der Waals surface area contributed by atoms with Gasteiger partial charge in [-0.2, -0.15) is 0 Å². The Labute approximate surface area is 165 Å². The van der Waals surface area contributed by atoms with E-state index in [-0.39, 0.29) is 11.5 Å². The lowest BCUT2D eigenvalue weighted by atomic mass is 9.55. The summed E-state index contributed by atoms with van der Waals surface area (Å²) >= 11 is 0. The van der Waals surface area contributed by atoms with E-state index in [1.807, 2.05) is 6.07 Å². The number of aliphatic carboxylic acids is 1. The van der Waals surface area contributed by atoms with Gasteiger partial charge in [0.2, 0.25) is 0 Å². The highest BCUT2D eigenvalue weighted by atomic mass is 16.5. The summed E-state index contributed by atoms with van der Waals surface area (Å²) in [5, 5.41) is 19.3. The van der Waals surface area contributed by atoms with E-state index in [1.54, 1.807) is 6.07 Å². The van der Waals surface area contributed by atoms with E-state index in [0.29, 0.717) is 23.5 Å². The summed E-state index contributed by atoms with van der Waals surface area (Å²) in [6, 6.07) is 4.60. The third-order valence-electron chi connectivity index (χ3n) is 7.56. The molecule has 0 bridgehead atoms. The van der Waals surface area contributed by atoms with Crippen LogP contribution in [-0.2, 0) is 16.0 Å². The number of carboxylic acid groups (broad SMARTS) is 1. The third kappa shape index (κ3) is 3.22. The zero-order valence-corrected chi connectivity index (χ0v) is 16.3. The van der Waals surface area contributed by atoms with Crippen molar-refractivity contribution in [3.05, 3.63) is 29.3 Å². The molecule has 28 heavy (non-hydrogen) atoms. The van der Waals surface area contributed by atoms with Crippen LogP contribution in [0.3, 0.4) is 0 Å². The van der Waals surface area contributed by atoms with Gasteiger partial charge in [-0.1, -0.05) is 13.0 Å². The lowest BCUT2D eigenvalue weighted by Crippen LogP contribution is -2.43. The molecule has 3 aliphatic carbocycles. The fourth-order valence-electron chi connectivity index (χ4n) is 6.06. The second kappa shape index (κ2) is 7.16. The molecule has 2 fully saturated rings. The van der Waals surface area contributed by atoms with Crippen molar-refractivity contribution in [2.24, 2.45) is 23.0 Å². The summed E-state index contributed by atoms with van der Waals surface area (Å²) in [7, 11) is 0. The Morgan fingerprint density at radius 1 is 1.29 bits per heavy atom. The maximum atomic E-state index is 12.0. The number of rotatable bonds is 4. The van der Waals surface area contributed by atoms with Crippen molar-refractivity contribution < 1.29 is 24.5 Å². The van der Waals surface area contributed by atoms with E-state index < -0.39 is 24.4 Å². The van der Waals surface area contributed by atoms with Crippen molar-refractivity contribution in [1.82, 2.24) is 0 Å². The number of nitrogens with two attached hydrogens (primary N) is 1. The van der Waals surface area contributed by atoms with Crippen molar-refractivity contribution in [3.63, 3.8) is 0 Å². The van der Waals surface area contributed by atoms with Crippen LogP contribution in [0.2, 0.25) is 0 Å². The molecule has 0 amide bonds. The topological polar surface area (TPSA) is 110 Å². The number of fused-ring (bicyclic) bond motifs is 5. The highest BCUT2D eigenvalue weighted by molar-refractivity contribution is 5.83. The maximum absolute atomic E-state index is 12.0. The Kier molecular flexibility index (Phi) is 4.96. The van der Waals surface area contributed by atoms with E-state index in [0.717, 1.165) is 38.5 Å². The largest absolute Gasteiger partial charge is 0.481 e. The number of aliphatic hydroxyl groups excluding tert-OH is 1. The van der Waals surface area contributed by atoms with Gasteiger partial charge in [-0.25, -0.2) is 4.79 Å². The van der Waals surface area contributed by atoms with Gasteiger partial charge in [0.05, 0.1) is 12.5 Å². The number of carboxylic acids is 1. The van der Waals surface area contributed by atoms with Crippen molar-refractivity contribution in [3.8, 4) is 5.75 Å². The number of aryl methyl sites for hydroxylation is 1. The average Bonchev–Trinajstić information content (AvgIpc) is 2.95. The second-order valence-electron chi connectivity index (χ2n) is 9.04. The number of benzene rings is 1. The molecule has 0 radical (unpaired) electrons. The van der Waals surface area contributed by atoms with Gasteiger partial charge in [0.1, 0.15) is 11.8 Å². The van der Waals surface area contributed by atoms with Crippen molar-refractivity contribution in [2.45, 2.75) is 69.9 Å².